The van der Waals surface area contributed by atoms with Gasteiger partial charge in [-0.2, -0.15) is 8.78 Å². The first-order valence-corrected chi connectivity index (χ1v) is 5.63. The lowest BCUT2D eigenvalue weighted by atomic mass is 10.2. The average Bonchev–Trinajstić information content (AvgIpc) is 2.40. The van der Waals surface area contributed by atoms with Crippen LogP contribution < -0.4 is 15.8 Å². The maximum Gasteiger partial charge on any atom is 0.387 e. The van der Waals surface area contributed by atoms with Crippen LogP contribution in [0, 0.1) is 0 Å². The summed E-state index contributed by atoms with van der Waals surface area (Å²) in [5, 5.41) is 2.57. The molecule has 0 spiro atoms. The van der Waals surface area contributed by atoms with Gasteiger partial charge in [-0.1, -0.05) is 6.07 Å². The highest BCUT2D eigenvalue weighted by Gasteiger charge is 2.08. The Bertz CT molecular complexity index is 603. The van der Waals surface area contributed by atoms with Crippen LogP contribution >= 0.6 is 0 Å². The number of nitrogens with zero attached hydrogens (tertiary/aromatic N) is 1. The molecule has 0 unspecified atom stereocenters. The topological polar surface area (TPSA) is 77.2 Å². The van der Waals surface area contributed by atoms with Crippen LogP contribution in [0.2, 0.25) is 0 Å². The zero-order chi connectivity index (χ0) is 14.5. The van der Waals surface area contributed by atoms with E-state index in [1.807, 2.05) is 0 Å². The van der Waals surface area contributed by atoms with E-state index < -0.39 is 12.5 Å². The third-order valence-corrected chi connectivity index (χ3v) is 2.34. The first kappa shape index (κ1) is 13.7. The van der Waals surface area contributed by atoms with Crippen molar-refractivity contribution in [2.45, 2.75) is 6.61 Å². The maximum atomic E-state index is 12.0. The molecule has 2 rings (SSSR count). The third kappa shape index (κ3) is 3.64. The standard InChI is InChI=1S/C13H11F2N3O2/c14-13(15)20-9-6-4-8(5-7-9)17-12(19)10-2-1-3-11(16)18-10/h1-7,13H,(H2,16,18)(H,17,19). The Kier molecular flexibility index (Phi) is 4.09. The number of nitrogens with two attached hydrogens (primary N) is 1. The van der Waals surface area contributed by atoms with E-state index in [0.29, 0.717) is 5.69 Å². The van der Waals surface area contributed by atoms with Gasteiger partial charge in [-0.15, -0.1) is 0 Å². The number of nitrogens with one attached hydrogen (secondary N) is 1. The number of nitrogen functional groups attached to an aromatic ring is 1. The number of carbonyl (C=O) groups excluding carboxylic acids is 1. The van der Waals surface area contributed by atoms with Gasteiger partial charge in [0.25, 0.3) is 5.91 Å². The van der Waals surface area contributed by atoms with Gasteiger partial charge in [0.15, 0.2) is 0 Å². The minimum Gasteiger partial charge on any atom is -0.435 e. The Morgan fingerprint density at radius 3 is 2.50 bits per heavy atom. The molecule has 1 aromatic carbocycles. The van der Waals surface area contributed by atoms with Crippen molar-refractivity contribution in [1.29, 1.82) is 0 Å². The Hall–Kier alpha value is -2.70. The van der Waals surface area contributed by atoms with Crippen LogP contribution in [-0.4, -0.2) is 17.5 Å². The minimum absolute atomic E-state index is 0.0140. The van der Waals surface area contributed by atoms with E-state index in [2.05, 4.69) is 15.0 Å². The highest BCUT2D eigenvalue weighted by atomic mass is 19.3. The predicted octanol–water partition coefficient (Wildman–Crippen LogP) is 2.52. The van der Waals surface area contributed by atoms with Crippen molar-refractivity contribution in [2.75, 3.05) is 11.1 Å². The average molecular weight is 279 g/mol. The molecule has 0 saturated heterocycles. The summed E-state index contributed by atoms with van der Waals surface area (Å²) >= 11 is 0. The van der Waals surface area contributed by atoms with Crippen molar-refractivity contribution in [3.63, 3.8) is 0 Å². The normalized spacial score (nSPS) is 10.3. The molecule has 20 heavy (non-hydrogen) atoms. The molecule has 0 atom stereocenters. The van der Waals surface area contributed by atoms with Gasteiger partial charge < -0.3 is 15.8 Å². The van der Waals surface area contributed by atoms with Gasteiger partial charge in [0.2, 0.25) is 0 Å². The van der Waals surface area contributed by atoms with Crippen molar-refractivity contribution in [3.05, 3.63) is 48.2 Å². The molecule has 2 aromatic rings. The smallest absolute Gasteiger partial charge is 0.387 e. The summed E-state index contributed by atoms with van der Waals surface area (Å²) in [5.41, 5.74) is 6.07. The summed E-state index contributed by atoms with van der Waals surface area (Å²) in [5.74, 6) is -0.196. The second kappa shape index (κ2) is 5.96. The summed E-state index contributed by atoms with van der Waals surface area (Å²) in [4.78, 5) is 15.7. The molecule has 0 aliphatic carbocycles. The van der Waals surface area contributed by atoms with Crippen LogP contribution in [0.25, 0.3) is 0 Å². The van der Waals surface area contributed by atoms with Gasteiger partial charge in [-0.25, -0.2) is 4.98 Å². The molecule has 0 aliphatic rings. The molecular weight excluding hydrogens is 268 g/mol. The Labute approximate surface area is 113 Å². The number of halogens is 2. The SMILES string of the molecule is Nc1cccc(C(=O)Nc2ccc(OC(F)F)cc2)n1. The molecule has 0 bridgehead atoms. The lowest BCUT2D eigenvalue weighted by molar-refractivity contribution is -0.0498. The van der Waals surface area contributed by atoms with E-state index >= 15 is 0 Å². The number of amides is 1. The number of aromatic nitrogens is 1. The molecule has 0 aliphatic heterocycles. The quantitative estimate of drug-likeness (QED) is 0.901. The summed E-state index contributed by atoms with van der Waals surface area (Å²) in [6.45, 7) is -2.88. The van der Waals surface area contributed by atoms with E-state index in [-0.39, 0.29) is 17.3 Å². The molecule has 0 radical (unpaired) electrons. The second-order valence-corrected chi connectivity index (χ2v) is 3.80. The Morgan fingerprint density at radius 2 is 1.90 bits per heavy atom. The monoisotopic (exact) mass is 279 g/mol. The molecule has 104 valence electrons. The van der Waals surface area contributed by atoms with Crippen LogP contribution in [0.5, 0.6) is 5.75 Å². The lowest BCUT2D eigenvalue weighted by Crippen LogP contribution is -2.14. The first-order valence-electron chi connectivity index (χ1n) is 5.63. The molecule has 1 amide bonds. The fourth-order valence-electron chi connectivity index (χ4n) is 1.49. The molecule has 1 heterocycles. The van der Waals surface area contributed by atoms with E-state index in [9.17, 15) is 13.6 Å². The van der Waals surface area contributed by atoms with Crippen molar-refractivity contribution < 1.29 is 18.3 Å². The number of carbonyl (C=O) groups is 1. The summed E-state index contributed by atoms with van der Waals surface area (Å²) in [6.07, 6.45) is 0. The number of rotatable bonds is 4. The minimum atomic E-state index is -2.88. The lowest BCUT2D eigenvalue weighted by Gasteiger charge is -2.07. The number of anilines is 2. The van der Waals surface area contributed by atoms with E-state index in [4.69, 9.17) is 5.73 Å². The van der Waals surface area contributed by atoms with E-state index in [1.165, 1.54) is 30.3 Å². The first-order chi connectivity index (χ1) is 9.54. The van der Waals surface area contributed by atoms with Crippen molar-refractivity contribution in [3.8, 4) is 5.75 Å². The number of ether oxygens (including phenoxy) is 1. The maximum absolute atomic E-state index is 12.0. The number of hydrogen-bond acceptors (Lipinski definition) is 4. The van der Waals surface area contributed by atoms with Crippen LogP contribution in [0.1, 0.15) is 10.5 Å². The van der Waals surface area contributed by atoms with Gasteiger partial charge in [0.05, 0.1) is 0 Å². The predicted molar refractivity (Wildman–Crippen MR) is 69.7 cm³/mol. The molecule has 1 aromatic heterocycles. The van der Waals surface area contributed by atoms with Gasteiger partial charge in [-0.3, -0.25) is 4.79 Å². The summed E-state index contributed by atoms with van der Waals surface area (Å²) in [6, 6.07) is 10.2. The van der Waals surface area contributed by atoms with Crippen molar-refractivity contribution >= 4 is 17.4 Å². The summed E-state index contributed by atoms with van der Waals surface area (Å²) in [7, 11) is 0. The molecular formula is C13H11F2N3O2. The van der Waals surface area contributed by atoms with E-state index in [0.717, 1.165) is 0 Å². The zero-order valence-electron chi connectivity index (χ0n) is 10.2. The van der Waals surface area contributed by atoms with Gasteiger partial charge in [-0.05, 0) is 36.4 Å². The molecule has 3 N–H and O–H groups in total. The summed E-state index contributed by atoms with van der Waals surface area (Å²) < 4.78 is 28.2. The Morgan fingerprint density at radius 1 is 1.20 bits per heavy atom. The van der Waals surface area contributed by atoms with Gasteiger partial charge in [0, 0.05) is 5.69 Å². The zero-order valence-corrected chi connectivity index (χ0v) is 10.2. The van der Waals surface area contributed by atoms with Crippen molar-refractivity contribution in [1.82, 2.24) is 4.98 Å². The van der Waals surface area contributed by atoms with E-state index in [1.54, 1.807) is 12.1 Å². The second-order valence-electron chi connectivity index (χ2n) is 3.80. The Balaban J connectivity index is 2.04. The molecule has 0 saturated carbocycles. The largest absolute Gasteiger partial charge is 0.435 e. The fourth-order valence-corrected chi connectivity index (χ4v) is 1.49. The van der Waals surface area contributed by atoms with Crippen LogP contribution in [-0.2, 0) is 0 Å². The number of hydrogen-bond donors (Lipinski definition) is 2. The van der Waals surface area contributed by atoms with Gasteiger partial charge >= 0.3 is 6.61 Å². The van der Waals surface area contributed by atoms with Crippen LogP contribution in [0.3, 0.4) is 0 Å². The fraction of sp³-hybridized carbons (Fsp3) is 0.0769. The molecule has 5 nitrogen and oxygen atoms in total. The van der Waals surface area contributed by atoms with Crippen molar-refractivity contribution in [2.24, 2.45) is 0 Å². The van der Waals surface area contributed by atoms with Crippen LogP contribution in [0.4, 0.5) is 20.3 Å². The van der Waals surface area contributed by atoms with Crippen LogP contribution in [0.15, 0.2) is 42.5 Å². The number of benzene rings is 1. The molecule has 7 heteroatoms. The third-order valence-electron chi connectivity index (χ3n) is 2.34. The highest BCUT2D eigenvalue weighted by molar-refractivity contribution is 6.03. The number of alkyl halides is 2. The molecule has 0 fully saturated rings. The number of pyridine rings is 1. The van der Waals surface area contributed by atoms with Gasteiger partial charge in [0.1, 0.15) is 17.3 Å². The highest BCUT2D eigenvalue weighted by Crippen LogP contribution is 2.18.